The minimum Gasteiger partial charge on any atom is -0.377 e. The van der Waals surface area contributed by atoms with Crippen LogP contribution in [0.5, 0.6) is 0 Å². The van der Waals surface area contributed by atoms with Crippen LogP contribution in [0.15, 0.2) is 0 Å². The van der Waals surface area contributed by atoms with Crippen LogP contribution in [0.2, 0.25) is 0 Å². The second-order valence-corrected chi connectivity index (χ2v) is 7.26. The number of rotatable bonds is 5. The second kappa shape index (κ2) is 5.46. The van der Waals surface area contributed by atoms with E-state index in [2.05, 4.69) is 4.72 Å². The second-order valence-electron chi connectivity index (χ2n) is 5.41. The molecule has 1 unspecified atom stereocenters. The SMILES string of the molecule is CC(C)(C)C(=O)CNS(=O)(=O)CC1CCCO1. The first-order valence-corrected chi connectivity index (χ1v) is 7.48. The van der Waals surface area contributed by atoms with E-state index in [1.54, 1.807) is 20.8 Å². The molecule has 1 N–H and O–H groups in total. The van der Waals surface area contributed by atoms with Gasteiger partial charge in [0.2, 0.25) is 10.0 Å². The topological polar surface area (TPSA) is 72.5 Å². The molecule has 1 heterocycles. The van der Waals surface area contributed by atoms with E-state index in [-0.39, 0.29) is 24.2 Å². The maximum absolute atomic E-state index is 11.7. The van der Waals surface area contributed by atoms with Gasteiger partial charge in [0.1, 0.15) is 0 Å². The fourth-order valence-electron chi connectivity index (χ4n) is 1.52. The van der Waals surface area contributed by atoms with Crippen LogP contribution in [-0.2, 0) is 19.6 Å². The average molecular weight is 263 g/mol. The third-order valence-corrected chi connectivity index (χ3v) is 4.11. The molecule has 0 amide bonds. The summed E-state index contributed by atoms with van der Waals surface area (Å²) in [6.45, 7) is 5.79. The molecule has 0 spiro atoms. The Kier molecular flexibility index (Phi) is 4.69. The van der Waals surface area contributed by atoms with Gasteiger partial charge in [-0.3, -0.25) is 4.79 Å². The van der Waals surface area contributed by atoms with E-state index < -0.39 is 15.4 Å². The number of hydrogen-bond acceptors (Lipinski definition) is 4. The molecule has 1 aliphatic rings. The smallest absolute Gasteiger partial charge is 0.214 e. The van der Waals surface area contributed by atoms with Crippen LogP contribution in [0.1, 0.15) is 33.6 Å². The van der Waals surface area contributed by atoms with Crippen molar-refractivity contribution < 1.29 is 17.9 Å². The number of carbonyl (C=O) groups is 1. The highest BCUT2D eigenvalue weighted by Crippen LogP contribution is 2.15. The van der Waals surface area contributed by atoms with Gasteiger partial charge in [-0.05, 0) is 12.8 Å². The van der Waals surface area contributed by atoms with E-state index in [0.29, 0.717) is 6.61 Å². The number of sulfonamides is 1. The van der Waals surface area contributed by atoms with Gasteiger partial charge in [0, 0.05) is 12.0 Å². The minimum atomic E-state index is -3.42. The van der Waals surface area contributed by atoms with Gasteiger partial charge in [-0.25, -0.2) is 13.1 Å². The number of Topliss-reactive ketones (excluding diaryl/α,β-unsaturated/α-hetero) is 1. The molecular weight excluding hydrogens is 242 g/mol. The molecule has 0 aliphatic carbocycles. The van der Waals surface area contributed by atoms with E-state index in [1.165, 1.54) is 0 Å². The van der Waals surface area contributed by atoms with Crippen LogP contribution in [0.25, 0.3) is 0 Å². The first-order chi connectivity index (χ1) is 7.71. The average Bonchev–Trinajstić information content (AvgIpc) is 2.64. The third-order valence-electron chi connectivity index (χ3n) is 2.72. The van der Waals surface area contributed by atoms with Crippen molar-refractivity contribution in [3.05, 3.63) is 0 Å². The van der Waals surface area contributed by atoms with E-state index in [4.69, 9.17) is 4.74 Å². The summed E-state index contributed by atoms with van der Waals surface area (Å²) >= 11 is 0. The third kappa shape index (κ3) is 5.14. The summed E-state index contributed by atoms with van der Waals surface area (Å²) < 4.78 is 30.9. The van der Waals surface area contributed by atoms with Crippen LogP contribution in [-0.4, -0.2) is 39.2 Å². The van der Waals surface area contributed by atoms with Crippen LogP contribution >= 0.6 is 0 Å². The Morgan fingerprint density at radius 1 is 1.41 bits per heavy atom. The number of ketones is 1. The van der Waals surface area contributed by atoms with Gasteiger partial charge in [0.05, 0.1) is 18.4 Å². The van der Waals surface area contributed by atoms with Crippen molar-refractivity contribution >= 4 is 15.8 Å². The molecular formula is C11H21NO4S. The molecule has 5 nitrogen and oxygen atoms in total. The highest BCUT2D eigenvalue weighted by atomic mass is 32.2. The van der Waals surface area contributed by atoms with E-state index in [9.17, 15) is 13.2 Å². The Hall–Kier alpha value is -0.460. The van der Waals surface area contributed by atoms with Crippen molar-refractivity contribution in [3.8, 4) is 0 Å². The van der Waals surface area contributed by atoms with Crippen molar-refractivity contribution in [1.29, 1.82) is 0 Å². The Labute approximate surface area is 103 Å². The van der Waals surface area contributed by atoms with Crippen LogP contribution in [0, 0.1) is 5.41 Å². The molecule has 0 bridgehead atoms. The van der Waals surface area contributed by atoms with Gasteiger partial charge in [-0.1, -0.05) is 20.8 Å². The molecule has 0 aromatic heterocycles. The van der Waals surface area contributed by atoms with Gasteiger partial charge < -0.3 is 4.74 Å². The lowest BCUT2D eigenvalue weighted by Crippen LogP contribution is -2.38. The standard InChI is InChI=1S/C11H21NO4S/c1-11(2,3)10(13)7-12-17(14,15)8-9-5-4-6-16-9/h9,12H,4-8H2,1-3H3. The Morgan fingerprint density at radius 2 is 2.06 bits per heavy atom. The largest absolute Gasteiger partial charge is 0.377 e. The van der Waals surface area contributed by atoms with Crippen LogP contribution in [0.4, 0.5) is 0 Å². The first-order valence-electron chi connectivity index (χ1n) is 5.83. The van der Waals surface area contributed by atoms with Crippen molar-refractivity contribution in [1.82, 2.24) is 4.72 Å². The summed E-state index contributed by atoms with van der Waals surface area (Å²) in [5.74, 6) is -0.168. The maximum atomic E-state index is 11.7. The quantitative estimate of drug-likeness (QED) is 0.792. The van der Waals surface area contributed by atoms with E-state index in [1.807, 2.05) is 0 Å². The van der Waals surface area contributed by atoms with Gasteiger partial charge >= 0.3 is 0 Å². The monoisotopic (exact) mass is 263 g/mol. The van der Waals surface area contributed by atoms with Gasteiger partial charge in [0.25, 0.3) is 0 Å². The fourth-order valence-corrected chi connectivity index (χ4v) is 2.74. The number of hydrogen-bond donors (Lipinski definition) is 1. The minimum absolute atomic E-state index is 0.0512. The molecule has 0 radical (unpaired) electrons. The van der Waals surface area contributed by atoms with Gasteiger partial charge in [0.15, 0.2) is 5.78 Å². The lowest BCUT2D eigenvalue weighted by atomic mass is 9.91. The molecule has 1 aliphatic heterocycles. The predicted molar refractivity (Wildman–Crippen MR) is 65.2 cm³/mol. The zero-order chi connectivity index (χ0) is 13.1. The maximum Gasteiger partial charge on any atom is 0.214 e. The molecule has 0 aromatic rings. The lowest BCUT2D eigenvalue weighted by molar-refractivity contribution is -0.125. The zero-order valence-electron chi connectivity index (χ0n) is 10.7. The molecule has 6 heteroatoms. The highest BCUT2D eigenvalue weighted by Gasteiger charge is 2.26. The molecule has 1 fully saturated rings. The summed E-state index contributed by atoms with van der Waals surface area (Å²) in [6, 6.07) is 0. The first kappa shape index (κ1) is 14.6. The number of carbonyl (C=O) groups excluding carboxylic acids is 1. The number of ether oxygens (including phenoxy) is 1. The summed E-state index contributed by atoms with van der Waals surface area (Å²) in [6.07, 6.45) is 1.45. The summed E-state index contributed by atoms with van der Waals surface area (Å²) in [4.78, 5) is 11.6. The Bertz CT molecular complexity index is 363. The Morgan fingerprint density at radius 3 is 2.53 bits per heavy atom. The molecule has 1 rings (SSSR count). The van der Waals surface area contributed by atoms with Gasteiger partial charge in [-0.2, -0.15) is 0 Å². The molecule has 1 atom stereocenters. The predicted octanol–water partition coefficient (Wildman–Crippen LogP) is 0.700. The van der Waals surface area contributed by atoms with E-state index in [0.717, 1.165) is 12.8 Å². The Balaban J connectivity index is 2.42. The summed E-state index contributed by atoms with van der Waals surface area (Å²) in [7, 11) is -3.42. The summed E-state index contributed by atoms with van der Waals surface area (Å²) in [5.41, 5.74) is -0.521. The van der Waals surface area contributed by atoms with Crippen molar-refractivity contribution in [2.45, 2.75) is 39.7 Å². The molecule has 0 saturated carbocycles. The zero-order valence-corrected chi connectivity index (χ0v) is 11.5. The lowest BCUT2D eigenvalue weighted by Gasteiger charge is -2.17. The van der Waals surface area contributed by atoms with Crippen molar-refractivity contribution in [2.24, 2.45) is 5.41 Å². The highest BCUT2D eigenvalue weighted by molar-refractivity contribution is 7.89. The molecule has 17 heavy (non-hydrogen) atoms. The molecule has 100 valence electrons. The molecule has 1 saturated heterocycles. The number of nitrogens with one attached hydrogen (secondary N) is 1. The van der Waals surface area contributed by atoms with Gasteiger partial charge in [-0.15, -0.1) is 0 Å². The van der Waals surface area contributed by atoms with Crippen LogP contribution < -0.4 is 4.72 Å². The summed E-state index contributed by atoms with van der Waals surface area (Å²) in [5, 5.41) is 0. The van der Waals surface area contributed by atoms with Crippen molar-refractivity contribution in [2.75, 3.05) is 18.9 Å². The molecule has 0 aromatic carbocycles. The fraction of sp³-hybridized carbons (Fsp3) is 0.909. The van der Waals surface area contributed by atoms with E-state index >= 15 is 0 Å². The van der Waals surface area contributed by atoms with Crippen molar-refractivity contribution in [3.63, 3.8) is 0 Å². The normalized spacial score (nSPS) is 21.7. The van der Waals surface area contributed by atoms with Crippen LogP contribution in [0.3, 0.4) is 0 Å².